The molecule has 4 heteroatoms. The molecule has 0 spiro atoms. The molecule has 1 aromatic heterocycles. The van der Waals surface area contributed by atoms with Crippen LogP contribution in [0, 0.1) is 0 Å². The van der Waals surface area contributed by atoms with E-state index in [1.807, 2.05) is 48.9 Å². The highest BCUT2D eigenvalue weighted by atomic mass is 16.5. The van der Waals surface area contributed by atoms with Crippen molar-refractivity contribution < 1.29 is 4.74 Å². The van der Waals surface area contributed by atoms with Crippen LogP contribution in [0.15, 0.2) is 54.6 Å². The summed E-state index contributed by atoms with van der Waals surface area (Å²) in [5.74, 6) is 0.676. The van der Waals surface area contributed by atoms with Crippen molar-refractivity contribution in [1.29, 1.82) is 0 Å². The van der Waals surface area contributed by atoms with Gasteiger partial charge in [-0.25, -0.2) is 0 Å². The van der Waals surface area contributed by atoms with Gasteiger partial charge >= 0.3 is 0 Å². The number of ether oxygens (including phenoxy) is 1. The fraction of sp³-hybridized carbons (Fsp3) is 0.316. The van der Waals surface area contributed by atoms with Gasteiger partial charge in [-0.1, -0.05) is 42.5 Å². The molecule has 1 heterocycles. The average molecular weight is 309 g/mol. The average Bonchev–Trinajstić information content (AvgIpc) is 2.86. The molecule has 23 heavy (non-hydrogen) atoms. The minimum atomic E-state index is -0.330. The minimum Gasteiger partial charge on any atom is -0.470 e. The van der Waals surface area contributed by atoms with Crippen LogP contribution in [0.5, 0.6) is 5.88 Å². The fourth-order valence-electron chi connectivity index (χ4n) is 2.71. The van der Waals surface area contributed by atoms with Gasteiger partial charge in [0.25, 0.3) is 0 Å². The monoisotopic (exact) mass is 309 g/mol. The lowest BCUT2D eigenvalue weighted by Crippen LogP contribution is -2.31. The van der Waals surface area contributed by atoms with E-state index in [0.29, 0.717) is 12.4 Å². The summed E-state index contributed by atoms with van der Waals surface area (Å²) >= 11 is 0. The highest BCUT2D eigenvalue weighted by molar-refractivity contribution is 5.84. The Kier molecular flexibility index (Phi) is 4.35. The van der Waals surface area contributed by atoms with E-state index in [4.69, 9.17) is 15.6 Å². The summed E-state index contributed by atoms with van der Waals surface area (Å²) in [6.07, 6.45) is 0.785. The molecular formula is C19H23N3O. The van der Waals surface area contributed by atoms with Gasteiger partial charge in [-0.3, -0.25) is 4.68 Å². The molecule has 3 aromatic rings. The lowest BCUT2D eigenvalue weighted by molar-refractivity contribution is 0.0970. The Bertz CT molecular complexity index is 778. The van der Waals surface area contributed by atoms with Crippen LogP contribution in [0.4, 0.5) is 0 Å². The van der Waals surface area contributed by atoms with Gasteiger partial charge in [-0.15, -0.1) is 5.10 Å². The number of nitrogens with zero attached hydrogens (tertiary/aromatic N) is 2. The second kappa shape index (κ2) is 6.42. The van der Waals surface area contributed by atoms with Gasteiger partial charge in [-0.05, 0) is 44.5 Å². The van der Waals surface area contributed by atoms with Crippen LogP contribution in [-0.2, 0) is 6.54 Å². The van der Waals surface area contributed by atoms with Gasteiger partial charge in [0.2, 0.25) is 5.88 Å². The lowest BCUT2D eigenvalue weighted by atomic mass is 10.1. The Balaban J connectivity index is 1.97. The Hall–Kier alpha value is -2.33. The number of benzene rings is 2. The molecule has 2 N–H and O–H groups in total. The normalized spacial score (nSPS) is 11.8. The predicted octanol–water partition coefficient (Wildman–Crippen LogP) is 3.59. The van der Waals surface area contributed by atoms with Crippen LogP contribution >= 0.6 is 0 Å². The third kappa shape index (κ3) is 3.54. The Morgan fingerprint density at radius 2 is 1.74 bits per heavy atom. The summed E-state index contributed by atoms with van der Waals surface area (Å²) in [7, 11) is 0. The molecule has 0 bridgehead atoms. The number of hydrogen-bond donors (Lipinski definition) is 1. The van der Waals surface area contributed by atoms with E-state index in [0.717, 1.165) is 23.9 Å². The molecule has 3 rings (SSSR count). The number of rotatable bonds is 6. The summed E-state index contributed by atoms with van der Waals surface area (Å²) in [5, 5.41) is 5.74. The van der Waals surface area contributed by atoms with Crippen molar-refractivity contribution in [1.82, 2.24) is 9.78 Å². The topological polar surface area (TPSA) is 53.1 Å². The highest BCUT2D eigenvalue weighted by Crippen LogP contribution is 2.29. The van der Waals surface area contributed by atoms with Gasteiger partial charge in [0, 0.05) is 0 Å². The van der Waals surface area contributed by atoms with Crippen molar-refractivity contribution in [3.8, 4) is 5.88 Å². The second-order valence-electron chi connectivity index (χ2n) is 6.37. The SMILES string of the molecule is CC(C)(CCN)Oc1nn(Cc2ccccc2)c2ccccc12. The summed E-state index contributed by atoms with van der Waals surface area (Å²) in [6.45, 7) is 5.41. The van der Waals surface area contributed by atoms with Crippen molar-refractivity contribution in [3.05, 3.63) is 60.2 Å². The molecule has 2 aromatic carbocycles. The van der Waals surface area contributed by atoms with Crippen LogP contribution in [0.1, 0.15) is 25.8 Å². The number of fused-ring (bicyclic) bond motifs is 1. The molecule has 4 nitrogen and oxygen atoms in total. The molecule has 0 saturated heterocycles. The molecule has 0 amide bonds. The molecule has 0 atom stereocenters. The van der Waals surface area contributed by atoms with Crippen LogP contribution < -0.4 is 10.5 Å². The maximum atomic E-state index is 6.16. The van der Waals surface area contributed by atoms with Crippen LogP contribution in [0.3, 0.4) is 0 Å². The second-order valence-corrected chi connectivity index (χ2v) is 6.37. The van der Waals surface area contributed by atoms with E-state index in [2.05, 4.69) is 24.3 Å². The van der Waals surface area contributed by atoms with Crippen molar-refractivity contribution in [2.45, 2.75) is 32.4 Å². The summed E-state index contributed by atoms with van der Waals surface area (Å²) in [5.41, 5.74) is 7.65. The fourth-order valence-corrected chi connectivity index (χ4v) is 2.71. The van der Waals surface area contributed by atoms with E-state index < -0.39 is 0 Å². The highest BCUT2D eigenvalue weighted by Gasteiger charge is 2.22. The van der Waals surface area contributed by atoms with Gasteiger partial charge in [-0.2, -0.15) is 0 Å². The summed E-state index contributed by atoms with van der Waals surface area (Å²) in [6, 6.07) is 18.5. The van der Waals surface area contributed by atoms with E-state index in [9.17, 15) is 0 Å². The van der Waals surface area contributed by atoms with Crippen molar-refractivity contribution in [3.63, 3.8) is 0 Å². The quantitative estimate of drug-likeness (QED) is 0.757. The molecule has 0 aliphatic rings. The first kappa shape index (κ1) is 15.6. The van der Waals surface area contributed by atoms with Crippen LogP contribution in [0.2, 0.25) is 0 Å². The summed E-state index contributed by atoms with van der Waals surface area (Å²) < 4.78 is 8.16. The molecular weight excluding hydrogens is 286 g/mol. The zero-order valence-corrected chi connectivity index (χ0v) is 13.7. The molecule has 0 aliphatic carbocycles. The Morgan fingerprint density at radius 3 is 2.48 bits per heavy atom. The minimum absolute atomic E-state index is 0.330. The smallest absolute Gasteiger partial charge is 0.241 e. The molecule has 120 valence electrons. The zero-order chi connectivity index (χ0) is 16.3. The van der Waals surface area contributed by atoms with Crippen LogP contribution in [-0.4, -0.2) is 21.9 Å². The van der Waals surface area contributed by atoms with Crippen LogP contribution in [0.25, 0.3) is 10.9 Å². The number of nitrogens with two attached hydrogens (primary N) is 1. The van der Waals surface area contributed by atoms with Crippen molar-refractivity contribution in [2.24, 2.45) is 5.73 Å². The first-order chi connectivity index (χ1) is 11.1. The van der Waals surface area contributed by atoms with E-state index in [1.165, 1.54) is 5.56 Å². The third-order valence-electron chi connectivity index (χ3n) is 3.92. The molecule has 0 saturated carbocycles. The largest absolute Gasteiger partial charge is 0.470 e. The van der Waals surface area contributed by atoms with E-state index in [1.54, 1.807) is 0 Å². The first-order valence-electron chi connectivity index (χ1n) is 7.98. The maximum Gasteiger partial charge on any atom is 0.241 e. The number of para-hydroxylation sites is 1. The van der Waals surface area contributed by atoms with Gasteiger partial charge in [0.1, 0.15) is 5.60 Å². The Morgan fingerprint density at radius 1 is 1.04 bits per heavy atom. The van der Waals surface area contributed by atoms with Crippen molar-refractivity contribution >= 4 is 10.9 Å². The maximum absolute atomic E-state index is 6.16. The van der Waals surface area contributed by atoms with Gasteiger partial charge in [0.05, 0.1) is 17.4 Å². The van der Waals surface area contributed by atoms with Gasteiger partial charge in [0.15, 0.2) is 0 Å². The number of aromatic nitrogens is 2. The third-order valence-corrected chi connectivity index (χ3v) is 3.92. The molecule has 0 radical (unpaired) electrons. The Labute approximate surface area is 136 Å². The van der Waals surface area contributed by atoms with E-state index in [-0.39, 0.29) is 5.60 Å². The lowest BCUT2D eigenvalue weighted by Gasteiger charge is -2.24. The molecule has 0 aliphatic heterocycles. The molecule has 0 unspecified atom stereocenters. The first-order valence-corrected chi connectivity index (χ1v) is 7.98. The standard InChI is InChI=1S/C19H23N3O/c1-19(2,12-13-20)23-18-16-10-6-7-11-17(16)22(21-18)14-15-8-4-3-5-9-15/h3-11H,12-14,20H2,1-2H3. The molecule has 0 fully saturated rings. The van der Waals surface area contributed by atoms with E-state index >= 15 is 0 Å². The van der Waals surface area contributed by atoms with Crippen molar-refractivity contribution in [2.75, 3.05) is 6.54 Å². The predicted molar refractivity (Wildman–Crippen MR) is 93.7 cm³/mol. The van der Waals surface area contributed by atoms with Gasteiger partial charge < -0.3 is 10.5 Å². The number of hydrogen-bond acceptors (Lipinski definition) is 3. The zero-order valence-electron chi connectivity index (χ0n) is 13.7. The summed E-state index contributed by atoms with van der Waals surface area (Å²) in [4.78, 5) is 0.